The van der Waals surface area contributed by atoms with Gasteiger partial charge >= 0.3 is 0 Å². The van der Waals surface area contributed by atoms with E-state index in [1.54, 1.807) is 0 Å². The number of rotatable bonds is 0. The lowest BCUT2D eigenvalue weighted by Gasteiger charge is -2.38. The molecular formula is C12H21NO. The lowest BCUT2D eigenvalue weighted by Crippen LogP contribution is -2.45. The number of nitrogens with zero attached hydrogens (tertiary/aromatic N) is 1. The molecule has 0 bridgehead atoms. The van der Waals surface area contributed by atoms with Crippen molar-refractivity contribution in [3.8, 4) is 0 Å². The summed E-state index contributed by atoms with van der Waals surface area (Å²) in [5.41, 5.74) is 1.32. The molecule has 2 heteroatoms. The lowest BCUT2D eigenvalue weighted by atomic mass is 9.69. The Morgan fingerprint density at radius 3 is 2.07 bits per heavy atom. The second-order valence-corrected chi connectivity index (χ2v) is 5.30. The zero-order valence-electron chi connectivity index (χ0n) is 9.60. The van der Waals surface area contributed by atoms with E-state index in [1.807, 2.05) is 0 Å². The molecule has 0 amide bonds. The molecule has 2 nitrogen and oxygen atoms in total. The van der Waals surface area contributed by atoms with Crippen LogP contribution in [0.25, 0.3) is 0 Å². The minimum absolute atomic E-state index is 0.0214. The highest BCUT2D eigenvalue weighted by atomic mass is 16.7. The summed E-state index contributed by atoms with van der Waals surface area (Å²) in [7, 11) is 0. The molecule has 0 radical (unpaired) electrons. The average molecular weight is 195 g/mol. The van der Waals surface area contributed by atoms with Gasteiger partial charge in [-0.05, 0) is 32.6 Å². The molecule has 1 fully saturated rings. The third-order valence-electron chi connectivity index (χ3n) is 4.31. The Morgan fingerprint density at radius 2 is 1.64 bits per heavy atom. The lowest BCUT2D eigenvalue weighted by molar-refractivity contribution is -0.0817. The van der Waals surface area contributed by atoms with Crippen molar-refractivity contribution < 1.29 is 4.84 Å². The minimum atomic E-state index is 0.0214. The summed E-state index contributed by atoms with van der Waals surface area (Å²) in [5, 5.41) is 4.22. The van der Waals surface area contributed by atoms with Crippen LogP contribution in [0.2, 0.25) is 0 Å². The van der Waals surface area contributed by atoms with Crippen LogP contribution in [0.4, 0.5) is 0 Å². The van der Waals surface area contributed by atoms with Gasteiger partial charge in [0.25, 0.3) is 0 Å². The Kier molecular flexibility index (Phi) is 2.32. The summed E-state index contributed by atoms with van der Waals surface area (Å²) >= 11 is 0. The van der Waals surface area contributed by atoms with Gasteiger partial charge in [0.1, 0.15) is 5.60 Å². The van der Waals surface area contributed by atoms with E-state index in [1.165, 1.54) is 44.2 Å². The summed E-state index contributed by atoms with van der Waals surface area (Å²) in [5.74, 6) is 0. The van der Waals surface area contributed by atoms with Crippen molar-refractivity contribution in [1.29, 1.82) is 0 Å². The Balaban J connectivity index is 2.23. The molecular weight excluding hydrogens is 174 g/mol. The van der Waals surface area contributed by atoms with Crippen molar-refractivity contribution in [2.45, 2.75) is 64.9 Å². The summed E-state index contributed by atoms with van der Waals surface area (Å²) in [6, 6.07) is 0. The van der Waals surface area contributed by atoms with Gasteiger partial charge in [-0.2, -0.15) is 0 Å². The Bertz CT molecular complexity index is 247. The van der Waals surface area contributed by atoms with E-state index < -0.39 is 0 Å². The second kappa shape index (κ2) is 3.25. The third-order valence-corrected chi connectivity index (χ3v) is 4.31. The molecule has 0 aromatic heterocycles. The van der Waals surface area contributed by atoms with Crippen LogP contribution >= 0.6 is 0 Å². The molecule has 2 rings (SSSR count). The minimum Gasteiger partial charge on any atom is -0.388 e. The van der Waals surface area contributed by atoms with Gasteiger partial charge in [0.2, 0.25) is 0 Å². The first-order chi connectivity index (χ1) is 6.58. The summed E-state index contributed by atoms with van der Waals surface area (Å²) in [6.07, 6.45) is 7.68. The molecule has 1 saturated carbocycles. The summed E-state index contributed by atoms with van der Waals surface area (Å²) in [4.78, 5) is 5.78. The maximum absolute atomic E-state index is 5.78. The zero-order valence-corrected chi connectivity index (χ0v) is 9.60. The van der Waals surface area contributed by atoms with Crippen molar-refractivity contribution in [2.24, 2.45) is 10.6 Å². The standard InChI is InChI=1S/C12H21NO/c1-10-11(2,3)12(14-13-10)8-6-4-5-7-9-12/h4-9H2,1-3H3. The molecule has 0 atom stereocenters. The monoisotopic (exact) mass is 195 g/mol. The molecule has 14 heavy (non-hydrogen) atoms. The van der Waals surface area contributed by atoms with Gasteiger partial charge in [-0.1, -0.05) is 31.8 Å². The zero-order chi connectivity index (χ0) is 10.2. The first kappa shape index (κ1) is 10.0. The van der Waals surface area contributed by atoms with Crippen LogP contribution in [0.3, 0.4) is 0 Å². The number of oxime groups is 1. The molecule has 0 unspecified atom stereocenters. The van der Waals surface area contributed by atoms with Crippen molar-refractivity contribution in [3.05, 3.63) is 0 Å². The summed E-state index contributed by atoms with van der Waals surface area (Å²) in [6.45, 7) is 6.66. The smallest absolute Gasteiger partial charge is 0.148 e. The Hall–Kier alpha value is -0.530. The normalized spacial score (nSPS) is 29.5. The van der Waals surface area contributed by atoms with Gasteiger partial charge in [0.15, 0.2) is 0 Å². The molecule has 0 saturated heterocycles. The van der Waals surface area contributed by atoms with E-state index in [9.17, 15) is 0 Å². The van der Waals surface area contributed by atoms with E-state index in [0.717, 1.165) is 0 Å². The quantitative estimate of drug-likeness (QED) is 0.579. The molecule has 80 valence electrons. The van der Waals surface area contributed by atoms with Gasteiger partial charge in [-0.25, -0.2) is 0 Å². The molecule has 1 heterocycles. The van der Waals surface area contributed by atoms with Gasteiger partial charge in [-0.3, -0.25) is 0 Å². The number of hydrogen-bond acceptors (Lipinski definition) is 2. The Labute approximate surface area is 86.7 Å². The fraction of sp³-hybridized carbons (Fsp3) is 0.917. The first-order valence-electron chi connectivity index (χ1n) is 5.82. The average Bonchev–Trinajstić information content (AvgIpc) is 2.36. The molecule has 1 aliphatic heterocycles. The highest BCUT2D eigenvalue weighted by molar-refractivity contribution is 5.89. The van der Waals surface area contributed by atoms with Crippen LogP contribution in [0, 0.1) is 5.41 Å². The van der Waals surface area contributed by atoms with E-state index in [-0.39, 0.29) is 11.0 Å². The third kappa shape index (κ3) is 1.27. The van der Waals surface area contributed by atoms with Crippen molar-refractivity contribution in [1.82, 2.24) is 0 Å². The largest absolute Gasteiger partial charge is 0.388 e. The fourth-order valence-electron chi connectivity index (χ4n) is 2.73. The predicted octanol–water partition coefficient (Wildman–Crippen LogP) is 3.51. The molecule has 0 aromatic rings. The highest BCUT2D eigenvalue weighted by Gasteiger charge is 2.53. The number of hydrogen-bond donors (Lipinski definition) is 0. The first-order valence-corrected chi connectivity index (χ1v) is 5.82. The van der Waals surface area contributed by atoms with E-state index >= 15 is 0 Å². The van der Waals surface area contributed by atoms with Crippen molar-refractivity contribution >= 4 is 5.71 Å². The Morgan fingerprint density at radius 1 is 1.07 bits per heavy atom. The molecule has 2 aliphatic rings. The van der Waals surface area contributed by atoms with Gasteiger partial charge < -0.3 is 4.84 Å². The van der Waals surface area contributed by atoms with Crippen LogP contribution in [0.1, 0.15) is 59.3 Å². The van der Waals surface area contributed by atoms with Crippen molar-refractivity contribution in [3.63, 3.8) is 0 Å². The van der Waals surface area contributed by atoms with E-state index in [2.05, 4.69) is 25.9 Å². The predicted molar refractivity (Wildman–Crippen MR) is 58.4 cm³/mol. The van der Waals surface area contributed by atoms with E-state index in [4.69, 9.17) is 4.84 Å². The van der Waals surface area contributed by atoms with Crippen LogP contribution < -0.4 is 0 Å². The molecule has 1 spiro atoms. The SMILES string of the molecule is CC1=NOC2(CCCCCC2)C1(C)C. The summed E-state index contributed by atoms with van der Waals surface area (Å²) < 4.78 is 0. The van der Waals surface area contributed by atoms with Crippen LogP contribution in [0.15, 0.2) is 5.16 Å². The maximum Gasteiger partial charge on any atom is 0.148 e. The van der Waals surface area contributed by atoms with E-state index in [0.29, 0.717) is 0 Å². The second-order valence-electron chi connectivity index (χ2n) is 5.30. The topological polar surface area (TPSA) is 21.6 Å². The molecule has 1 aliphatic carbocycles. The van der Waals surface area contributed by atoms with Gasteiger partial charge in [0, 0.05) is 5.41 Å². The molecule has 0 aromatic carbocycles. The fourth-order valence-corrected chi connectivity index (χ4v) is 2.73. The highest BCUT2D eigenvalue weighted by Crippen LogP contribution is 2.48. The van der Waals surface area contributed by atoms with Crippen LogP contribution in [-0.4, -0.2) is 11.3 Å². The van der Waals surface area contributed by atoms with Crippen molar-refractivity contribution in [2.75, 3.05) is 0 Å². The molecule has 0 N–H and O–H groups in total. The van der Waals surface area contributed by atoms with Crippen LogP contribution in [0.5, 0.6) is 0 Å². The van der Waals surface area contributed by atoms with Crippen LogP contribution in [-0.2, 0) is 4.84 Å². The van der Waals surface area contributed by atoms with Gasteiger partial charge in [0.05, 0.1) is 5.71 Å². The maximum atomic E-state index is 5.78. The van der Waals surface area contributed by atoms with Gasteiger partial charge in [-0.15, -0.1) is 0 Å².